The molecule has 1 aromatic rings. The fourth-order valence-corrected chi connectivity index (χ4v) is 6.91. The van der Waals surface area contributed by atoms with E-state index in [4.69, 9.17) is 0 Å². The quantitative estimate of drug-likeness (QED) is 0.760. The molecule has 2 amide bonds. The topological polar surface area (TPSA) is 47.6 Å². The van der Waals surface area contributed by atoms with Crippen LogP contribution in [0.25, 0.3) is 0 Å². The van der Waals surface area contributed by atoms with Gasteiger partial charge in [0, 0.05) is 49.0 Å². The molecular weight excluding hydrogens is 368 g/mol. The van der Waals surface area contributed by atoms with Gasteiger partial charge < -0.3 is 5.32 Å². The summed E-state index contributed by atoms with van der Waals surface area (Å²) in [6, 6.07) is 4.62. The first kappa shape index (κ1) is 17.6. The van der Waals surface area contributed by atoms with Crippen molar-refractivity contribution >= 4 is 23.9 Å². The summed E-state index contributed by atoms with van der Waals surface area (Å²) in [6.07, 6.45) is 12.4. The van der Waals surface area contributed by atoms with Gasteiger partial charge in [0.2, 0.25) is 0 Å². The fraction of sp³-hybridized carbons (Fsp3) is 0.682. The van der Waals surface area contributed by atoms with Crippen LogP contribution in [0, 0.1) is 0 Å². The maximum absolute atomic E-state index is 12.7. The molecule has 2 heterocycles. The summed E-state index contributed by atoms with van der Waals surface area (Å²) in [7, 11) is 0. The molecule has 0 spiro atoms. The van der Waals surface area contributed by atoms with Crippen LogP contribution in [0.15, 0.2) is 6.07 Å². The first-order valence-electron chi connectivity index (χ1n) is 11.2. The number of carbonyl (C=O) groups excluding carboxylic acids is 1. The van der Waals surface area contributed by atoms with E-state index in [0.29, 0.717) is 12.1 Å². The van der Waals surface area contributed by atoms with Crippen molar-refractivity contribution in [1.29, 1.82) is 0 Å². The molecule has 0 aromatic heterocycles. The zero-order valence-electron chi connectivity index (χ0n) is 16.5. The van der Waals surface area contributed by atoms with Gasteiger partial charge in [0.1, 0.15) is 0 Å². The van der Waals surface area contributed by atoms with Crippen molar-refractivity contribution in [3.8, 4) is 0 Å². The summed E-state index contributed by atoms with van der Waals surface area (Å²) >= 11 is 1.52. The van der Waals surface area contributed by atoms with Crippen LogP contribution in [0.1, 0.15) is 60.8 Å². The number of nitrogens with one attached hydrogen (secondary N) is 2. The average molecular weight is 399 g/mol. The van der Waals surface area contributed by atoms with E-state index in [-0.39, 0.29) is 6.03 Å². The number of piperazine rings is 1. The van der Waals surface area contributed by atoms with Gasteiger partial charge in [0.05, 0.1) is 0 Å². The molecule has 2 atom stereocenters. The Morgan fingerprint density at radius 3 is 2.11 bits per heavy atom. The Morgan fingerprint density at radius 1 is 0.893 bits per heavy atom. The van der Waals surface area contributed by atoms with Crippen molar-refractivity contribution in [3.63, 3.8) is 0 Å². The van der Waals surface area contributed by atoms with Gasteiger partial charge in [-0.3, -0.25) is 9.62 Å². The van der Waals surface area contributed by atoms with Crippen LogP contribution >= 0.6 is 12.1 Å². The Morgan fingerprint density at radius 2 is 1.50 bits per heavy atom. The lowest BCUT2D eigenvalue weighted by atomic mass is 9.99. The van der Waals surface area contributed by atoms with Gasteiger partial charge in [0.15, 0.2) is 0 Å². The number of urea groups is 1. The Labute approximate surface area is 171 Å². The molecule has 150 valence electrons. The number of hydrogen-bond donors (Lipinski definition) is 2. The van der Waals surface area contributed by atoms with E-state index in [2.05, 4.69) is 25.3 Å². The zero-order chi connectivity index (χ0) is 18.7. The maximum Gasteiger partial charge on any atom is 0.330 e. The molecule has 3 aliphatic carbocycles. The first-order valence-corrected chi connectivity index (χ1v) is 12.0. The average Bonchev–Trinajstić information content (AvgIpc) is 3.11. The summed E-state index contributed by atoms with van der Waals surface area (Å²) in [5, 5.41) is 3.25. The lowest BCUT2D eigenvalue weighted by molar-refractivity contribution is 0.107. The van der Waals surface area contributed by atoms with Crippen LogP contribution in [0.5, 0.6) is 0 Å². The van der Waals surface area contributed by atoms with Crippen molar-refractivity contribution in [2.45, 2.75) is 82.3 Å². The van der Waals surface area contributed by atoms with E-state index in [0.717, 1.165) is 37.7 Å². The Hall–Kier alpha value is -1.24. The van der Waals surface area contributed by atoms with Crippen LogP contribution < -0.4 is 10.0 Å². The second-order valence-corrected chi connectivity index (χ2v) is 10.2. The number of benzene rings is 1. The van der Waals surface area contributed by atoms with Gasteiger partial charge in [-0.1, -0.05) is 6.07 Å². The van der Waals surface area contributed by atoms with E-state index in [9.17, 15) is 4.79 Å². The Kier molecular flexibility index (Phi) is 4.35. The van der Waals surface area contributed by atoms with Crippen LogP contribution in [0.3, 0.4) is 0 Å². The second-order valence-electron chi connectivity index (χ2n) is 9.29. The Balaban J connectivity index is 1.10. The van der Waals surface area contributed by atoms with E-state index >= 15 is 0 Å². The molecule has 5 nitrogen and oxygen atoms in total. The standard InChI is InChI=1S/C22H30N4OS/c27-22(23-21-19-5-1-3-14(19)11-15-4-2-6-20(15)21)24-28-25-12-17-9-10-18(13-25)26(17)16-7-8-16/h11,16-18H,1-10,12-13H2,(H2,23,24,27). The number of carbonyl (C=O) groups is 1. The van der Waals surface area contributed by atoms with Crippen molar-refractivity contribution in [2.75, 3.05) is 18.4 Å². The second kappa shape index (κ2) is 6.92. The monoisotopic (exact) mass is 398 g/mol. The molecule has 6 rings (SSSR count). The minimum Gasteiger partial charge on any atom is -0.307 e. The number of nitrogens with zero attached hydrogens (tertiary/aromatic N) is 2. The Bertz CT molecular complexity index is 762. The summed E-state index contributed by atoms with van der Waals surface area (Å²) in [4.78, 5) is 15.5. The minimum absolute atomic E-state index is 0.0589. The van der Waals surface area contributed by atoms with Crippen molar-refractivity contribution in [3.05, 3.63) is 28.3 Å². The van der Waals surface area contributed by atoms with Gasteiger partial charge >= 0.3 is 6.03 Å². The highest BCUT2D eigenvalue weighted by Gasteiger charge is 2.46. The highest BCUT2D eigenvalue weighted by atomic mass is 32.2. The predicted octanol–water partition coefficient (Wildman–Crippen LogP) is 3.66. The van der Waals surface area contributed by atoms with E-state index in [1.807, 2.05) is 0 Å². The number of hydrogen-bond acceptors (Lipinski definition) is 4. The maximum atomic E-state index is 12.7. The van der Waals surface area contributed by atoms with Crippen LogP contribution in [0.4, 0.5) is 10.5 Å². The van der Waals surface area contributed by atoms with Crippen molar-refractivity contribution in [1.82, 2.24) is 13.9 Å². The highest BCUT2D eigenvalue weighted by Crippen LogP contribution is 2.41. The molecule has 2 unspecified atom stereocenters. The van der Waals surface area contributed by atoms with Gasteiger partial charge in [0.25, 0.3) is 0 Å². The molecule has 1 saturated carbocycles. The van der Waals surface area contributed by atoms with Crippen molar-refractivity contribution in [2.24, 2.45) is 0 Å². The third-order valence-corrected chi connectivity index (χ3v) is 8.29. The number of aryl methyl sites for hydroxylation is 2. The van der Waals surface area contributed by atoms with Crippen molar-refractivity contribution < 1.29 is 4.79 Å². The molecular formula is C22H30N4OS. The van der Waals surface area contributed by atoms with Gasteiger partial charge in [-0.15, -0.1) is 0 Å². The smallest absolute Gasteiger partial charge is 0.307 e. The number of anilines is 1. The molecule has 28 heavy (non-hydrogen) atoms. The molecule has 2 saturated heterocycles. The first-order chi connectivity index (χ1) is 13.8. The molecule has 6 heteroatoms. The largest absolute Gasteiger partial charge is 0.330 e. The molecule has 1 aromatic carbocycles. The summed E-state index contributed by atoms with van der Waals surface area (Å²) < 4.78 is 5.46. The van der Waals surface area contributed by atoms with Gasteiger partial charge in [-0.2, -0.15) is 0 Å². The third kappa shape index (κ3) is 3.04. The van der Waals surface area contributed by atoms with E-state index in [1.165, 1.54) is 85.8 Å². The lowest BCUT2D eigenvalue weighted by Crippen LogP contribution is -2.53. The van der Waals surface area contributed by atoms with E-state index < -0.39 is 0 Å². The number of fused-ring (bicyclic) bond motifs is 4. The molecule has 2 N–H and O–H groups in total. The van der Waals surface area contributed by atoms with E-state index in [1.54, 1.807) is 0 Å². The molecule has 0 radical (unpaired) electrons. The SMILES string of the molecule is O=C(NSN1CC2CCC(C1)N2C1CC1)Nc1c2c(cc3c1CCC3)CCC2. The van der Waals surface area contributed by atoms with Crippen LogP contribution in [-0.2, 0) is 25.7 Å². The molecule has 5 aliphatic rings. The predicted molar refractivity (Wildman–Crippen MR) is 113 cm³/mol. The third-order valence-electron chi connectivity index (χ3n) is 7.45. The van der Waals surface area contributed by atoms with Gasteiger partial charge in [-0.05, 0) is 86.5 Å². The van der Waals surface area contributed by atoms with Gasteiger partial charge in [-0.25, -0.2) is 9.10 Å². The lowest BCUT2D eigenvalue weighted by Gasteiger charge is -2.40. The van der Waals surface area contributed by atoms with Crippen LogP contribution in [-0.4, -0.2) is 46.5 Å². The van der Waals surface area contributed by atoms with Crippen LogP contribution in [0.2, 0.25) is 0 Å². The summed E-state index contributed by atoms with van der Waals surface area (Å²) in [5.41, 5.74) is 6.88. The molecule has 2 aliphatic heterocycles. The zero-order valence-corrected chi connectivity index (χ0v) is 17.3. The molecule has 2 bridgehead atoms. The fourth-order valence-electron chi connectivity index (χ4n) is 6.15. The summed E-state index contributed by atoms with van der Waals surface area (Å²) in [5.74, 6) is 0. The summed E-state index contributed by atoms with van der Waals surface area (Å²) in [6.45, 7) is 2.15. The minimum atomic E-state index is -0.0589. The molecule has 3 fully saturated rings. The number of amides is 2. The normalized spacial score (nSPS) is 29.0. The number of rotatable bonds is 4. The highest BCUT2D eigenvalue weighted by molar-refractivity contribution is 7.95.